The Kier molecular flexibility index (Phi) is 9.90. The first-order chi connectivity index (χ1) is 10.4. The van der Waals surface area contributed by atoms with Crippen LogP contribution in [0.15, 0.2) is 30.3 Å². The van der Waals surface area contributed by atoms with Gasteiger partial charge in [-0.1, -0.05) is 51.1 Å². The van der Waals surface area contributed by atoms with Crippen LogP contribution in [-0.4, -0.2) is 36.5 Å². The third-order valence-corrected chi connectivity index (χ3v) is 4.45. The Labute approximate surface area is 158 Å². The topological polar surface area (TPSA) is 58.4 Å². The molecule has 138 valence electrons. The molecule has 1 aliphatic heterocycles. The summed E-state index contributed by atoms with van der Waals surface area (Å²) in [5.74, 6) is -0.0624. The van der Waals surface area contributed by atoms with Crippen LogP contribution in [0.5, 0.6) is 0 Å². The fraction of sp³-hybridized carbons (Fsp3) is 0.611. The van der Waals surface area contributed by atoms with Crippen LogP contribution < -0.4 is 11.1 Å². The molecule has 0 aromatic heterocycles. The molecule has 2 atom stereocenters. The van der Waals surface area contributed by atoms with Gasteiger partial charge in [-0.25, -0.2) is 0 Å². The van der Waals surface area contributed by atoms with Crippen molar-refractivity contribution in [2.75, 3.05) is 19.6 Å². The molecule has 1 aromatic carbocycles. The molecule has 1 heterocycles. The van der Waals surface area contributed by atoms with E-state index in [4.69, 9.17) is 5.73 Å². The molecule has 1 amide bonds. The van der Waals surface area contributed by atoms with Crippen LogP contribution >= 0.6 is 24.8 Å². The Morgan fingerprint density at radius 1 is 1.17 bits per heavy atom. The van der Waals surface area contributed by atoms with Gasteiger partial charge in [0.2, 0.25) is 5.91 Å². The van der Waals surface area contributed by atoms with Crippen LogP contribution in [0.25, 0.3) is 0 Å². The second-order valence-corrected chi connectivity index (χ2v) is 7.26. The van der Waals surface area contributed by atoms with E-state index in [1.54, 1.807) is 0 Å². The van der Waals surface area contributed by atoms with Gasteiger partial charge in [-0.2, -0.15) is 0 Å². The van der Waals surface area contributed by atoms with Gasteiger partial charge in [-0.3, -0.25) is 9.69 Å². The van der Waals surface area contributed by atoms with Crippen LogP contribution in [0.3, 0.4) is 0 Å². The molecule has 0 aliphatic carbocycles. The van der Waals surface area contributed by atoms with E-state index in [-0.39, 0.29) is 42.2 Å². The number of rotatable bonds is 5. The molecule has 0 saturated carbocycles. The molecule has 24 heavy (non-hydrogen) atoms. The summed E-state index contributed by atoms with van der Waals surface area (Å²) < 4.78 is 0. The zero-order chi connectivity index (χ0) is 16.2. The van der Waals surface area contributed by atoms with Gasteiger partial charge in [-0.15, -0.1) is 24.8 Å². The van der Waals surface area contributed by atoms with E-state index in [9.17, 15) is 4.79 Å². The van der Waals surface area contributed by atoms with Gasteiger partial charge in [0.25, 0.3) is 0 Å². The first-order valence-electron chi connectivity index (χ1n) is 8.22. The highest BCUT2D eigenvalue weighted by Gasteiger charge is 2.29. The van der Waals surface area contributed by atoms with Crippen LogP contribution in [0.2, 0.25) is 0 Å². The average molecular weight is 376 g/mol. The molecule has 0 bridgehead atoms. The van der Waals surface area contributed by atoms with Gasteiger partial charge in [0.05, 0.1) is 12.1 Å². The van der Waals surface area contributed by atoms with Crippen molar-refractivity contribution >= 4 is 30.7 Å². The number of hydrogen-bond acceptors (Lipinski definition) is 3. The van der Waals surface area contributed by atoms with E-state index in [0.29, 0.717) is 6.54 Å². The Balaban J connectivity index is 0.00000264. The molecule has 1 aromatic rings. The number of nitrogens with zero attached hydrogens (tertiary/aromatic N) is 1. The molecule has 6 heteroatoms. The lowest BCUT2D eigenvalue weighted by molar-refractivity contribution is -0.124. The maximum Gasteiger partial charge on any atom is 0.237 e. The molecular weight excluding hydrogens is 345 g/mol. The number of carbonyl (C=O) groups excluding carboxylic acids is 1. The lowest BCUT2D eigenvalue weighted by atomic mass is 9.87. The molecule has 0 radical (unpaired) electrons. The predicted octanol–water partition coefficient (Wildman–Crippen LogP) is 3.16. The van der Waals surface area contributed by atoms with Crippen molar-refractivity contribution in [1.82, 2.24) is 10.2 Å². The van der Waals surface area contributed by atoms with Crippen LogP contribution in [0.1, 0.15) is 45.2 Å². The van der Waals surface area contributed by atoms with Gasteiger partial charge < -0.3 is 11.1 Å². The molecule has 0 spiro atoms. The monoisotopic (exact) mass is 375 g/mol. The number of carbonyl (C=O) groups is 1. The minimum atomic E-state index is -0.484. The van der Waals surface area contributed by atoms with E-state index >= 15 is 0 Å². The number of nitrogens with two attached hydrogens (primary N) is 1. The fourth-order valence-electron chi connectivity index (χ4n) is 2.89. The summed E-state index contributed by atoms with van der Waals surface area (Å²) in [5, 5.41) is 3.06. The predicted molar refractivity (Wildman–Crippen MR) is 105 cm³/mol. The van der Waals surface area contributed by atoms with Crippen LogP contribution in [-0.2, 0) is 4.79 Å². The third kappa shape index (κ3) is 6.25. The Hall–Kier alpha value is -0.810. The number of likely N-dealkylation sites (tertiary alicyclic amines) is 1. The van der Waals surface area contributed by atoms with Gasteiger partial charge in [-0.05, 0) is 36.9 Å². The Morgan fingerprint density at radius 2 is 1.71 bits per heavy atom. The summed E-state index contributed by atoms with van der Waals surface area (Å²) in [7, 11) is 0. The quantitative estimate of drug-likeness (QED) is 0.830. The number of amides is 1. The molecular formula is C18H31Cl2N3O. The second-order valence-electron chi connectivity index (χ2n) is 7.26. The van der Waals surface area contributed by atoms with Crippen molar-refractivity contribution < 1.29 is 4.79 Å². The molecule has 2 rings (SSSR count). The molecule has 1 fully saturated rings. The summed E-state index contributed by atoms with van der Waals surface area (Å²) >= 11 is 0. The average Bonchev–Trinajstić information content (AvgIpc) is 3.00. The molecule has 1 saturated heterocycles. The second kappa shape index (κ2) is 10.2. The number of hydrogen-bond donors (Lipinski definition) is 2. The van der Waals surface area contributed by atoms with Crippen LogP contribution in [0, 0.1) is 5.41 Å². The third-order valence-electron chi connectivity index (χ3n) is 4.45. The summed E-state index contributed by atoms with van der Waals surface area (Å²) in [6.45, 7) is 8.79. The van der Waals surface area contributed by atoms with Crippen molar-refractivity contribution in [1.29, 1.82) is 0 Å². The number of benzene rings is 1. The highest BCUT2D eigenvalue weighted by molar-refractivity contribution is 5.85. The van der Waals surface area contributed by atoms with Gasteiger partial charge in [0.1, 0.15) is 0 Å². The van der Waals surface area contributed by atoms with E-state index in [1.807, 2.05) is 26.8 Å². The zero-order valence-electron chi connectivity index (χ0n) is 14.8. The lowest BCUT2D eigenvalue weighted by Crippen LogP contribution is -2.50. The van der Waals surface area contributed by atoms with E-state index < -0.39 is 6.04 Å². The zero-order valence-corrected chi connectivity index (χ0v) is 16.5. The van der Waals surface area contributed by atoms with Crippen molar-refractivity contribution in [3.05, 3.63) is 35.9 Å². The van der Waals surface area contributed by atoms with E-state index in [0.717, 1.165) is 13.1 Å². The minimum Gasteiger partial charge on any atom is -0.353 e. The highest BCUT2D eigenvalue weighted by Crippen LogP contribution is 2.24. The Bertz CT molecular complexity index is 485. The standard InChI is InChI=1S/C18H29N3O.2ClH/c1-18(2,3)16(19)17(22)20-13-15(21-11-7-8-12-21)14-9-5-4-6-10-14;;/h4-6,9-10,15-16H,7-8,11-13,19H2,1-3H3,(H,20,22);2*1H/t15?,16-;;/m1../s1. The highest BCUT2D eigenvalue weighted by atomic mass is 35.5. The maximum absolute atomic E-state index is 12.3. The molecule has 4 nitrogen and oxygen atoms in total. The van der Waals surface area contributed by atoms with Gasteiger partial charge in [0.15, 0.2) is 0 Å². The summed E-state index contributed by atoms with van der Waals surface area (Å²) in [4.78, 5) is 14.7. The van der Waals surface area contributed by atoms with Crippen molar-refractivity contribution in [3.8, 4) is 0 Å². The number of halogens is 2. The van der Waals surface area contributed by atoms with Crippen molar-refractivity contribution in [2.45, 2.75) is 45.7 Å². The summed E-state index contributed by atoms with van der Waals surface area (Å²) in [6, 6.07) is 10.2. The smallest absolute Gasteiger partial charge is 0.237 e. The van der Waals surface area contributed by atoms with Crippen LogP contribution in [0.4, 0.5) is 0 Å². The molecule has 3 N–H and O–H groups in total. The van der Waals surface area contributed by atoms with Gasteiger partial charge in [0, 0.05) is 6.54 Å². The fourth-order valence-corrected chi connectivity index (χ4v) is 2.89. The first kappa shape index (κ1) is 23.2. The Morgan fingerprint density at radius 3 is 2.21 bits per heavy atom. The molecule has 1 aliphatic rings. The maximum atomic E-state index is 12.3. The number of nitrogens with one attached hydrogen (secondary N) is 1. The van der Waals surface area contributed by atoms with Crippen molar-refractivity contribution in [3.63, 3.8) is 0 Å². The largest absolute Gasteiger partial charge is 0.353 e. The molecule has 1 unspecified atom stereocenters. The van der Waals surface area contributed by atoms with E-state index in [1.165, 1.54) is 18.4 Å². The SMILES string of the molecule is CC(C)(C)[C@H](N)C(=O)NCC(c1ccccc1)N1CCCC1.Cl.Cl. The first-order valence-corrected chi connectivity index (χ1v) is 8.22. The van der Waals surface area contributed by atoms with Gasteiger partial charge >= 0.3 is 0 Å². The minimum absolute atomic E-state index is 0. The lowest BCUT2D eigenvalue weighted by Gasteiger charge is -2.30. The summed E-state index contributed by atoms with van der Waals surface area (Å²) in [5.41, 5.74) is 7.08. The van der Waals surface area contributed by atoms with E-state index in [2.05, 4.69) is 34.5 Å². The summed E-state index contributed by atoms with van der Waals surface area (Å²) in [6.07, 6.45) is 2.47. The van der Waals surface area contributed by atoms with Crippen molar-refractivity contribution in [2.24, 2.45) is 11.1 Å². The normalized spacial score (nSPS) is 17.3.